The molecule has 10 heteroatoms. The van der Waals surface area contributed by atoms with Gasteiger partial charge in [-0.3, -0.25) is 0 Å². The number of halogens is 5. The summed E-state index contributed by atoms with van der Waals surface area (Å²) in [6.07, 6.45) is -1.26. The van der Waals surface area contributed by atoms with Crippen LogP contribution < -0.4 is 4.74 Å². The third-order valence-corrected chi connectivity index (χ3v) is 4.57. The second-order valence-electron chi connectivity index (χ2n) is 7.11. The normalized spacial score (nSPS) is 28.1. The Bertz CT molecular complexity index is 700. The monoisotopic (exact) mass is 438 g/mol. The molecule has 0 bridgehead atoms. The number of hydrogen-bond acceptors (Lipinski definition) is 5. The van der Waals surface area contributed by atoms with Gasteiger partial charge in [-0.2, -0.15) is 13.2 Å². The van der Waals surface area contributed by atoms with Crippen LogP contribution in [0.1, 0.15) is 25.2 Å². The maximum absolute atomic E-state index is 14.0. The average Bonchev–Trinajstić information content (AvgIpc) is 2.71. The van der Waals surface area contributed by atoms with Crippen LogP contribution in [0.15, 0.2) is 24.3 Å². The quantitative estimate of drug-likeness (QED) is 0.483. The van der Waals surface area contributed by atoms with Crippen molar-refractivity contribution in [3.63, 3.8) is 0 Å². The minimum Gasteiger partial charge on any atom is -0.478 e. The lowest BCUT2D eigenvalue weighted by atomic mass is 10.1. The maximum atomic E-state index is 14.0. The number of benzene rings is 1. The summed E-state index contributed by atoms with van der Waals surface area (Å²) in [5.74, 6) is -3.67. The summed E-state index contributed by atoms with van der Waals surface area (Å²) in [5, 5.41) is 0. The molecule has 2 aliphatic heterocycles. The van der Waals surface area contributed by atoms with Crippen molar-refractivity contribution in [2.24, 2.45) is 11.8 Å². The molecule has 2 heterocycles. The first-order chi connectivity index (χ1) is 14.3. The molecule has 168 valence electrons. The Balaban J connectivity index is 1.53. The van der Waals surface area contributed by atoms with E-state index in [0.29, 0.717) is 13.2 Å². The Morgan fingerprint density at radius 2 is 1.60 bits per heavy atom. The highest BCUT2D eigenvalue weighted by molar-refractivity contribution is 5.32. The van der Waals surface area contributed by atoms with Crippen LogP contribution in [0.25, 0.3) is 0 Å². The minimum absolute atomic E-state index is 0.00180. The molecule has 3 rings (SSSR count). The van der Waals surface area contributed by atoms with Crippen molar-refractivity contribution in [3.05, 3.63) is 41.5 Å². The van der Waals surface area contributed by atoms with E-state index >= 15 is 0 Å². The highest BCUT2D eigenvalue weighted by Crippen LogP contribution is 2.33. The number of ether oxygens (including phenoxy) is 5. The number of hydrogen-bond donors (Lipinski definition) is 0. The van der Waals surface area contributed by atoms with Gasteiger partial charge in [-0.1, -0.05) is 19.1 Å². The largest absolute Gasteiger partial charge is 0.478 e. The lowest BCUT2D eigenvalue weighted by Gasteiger charge is -2.37. The number of rotatable bonds is 6. The molecule has 0 radical (unpaired) electrons. The van der Waals surface area contributed by atoms with Crippen molar-refractivity contribution < 1.29 is 45.6 Å². The first kappa shape index (κ1) is 22.9. The van der Waals surface area contributed by atoms with Crippen molar-refractivity contribution in [2.75, 3.05) is 33.0 Å². The second kappa shape index (κ2) is 10.0. The highest BCUT2D eigenvalue weighted by atomic mass is 19.4. The van der Waals surface area contributed by atoms with E-state index < -0.39 is 42.7 Å². The molecule has 0 N–H and O–H groups in total. The molecular weight excluding hydrogens is 415 g/mol. The van der Waals surface area contributed by atoms with Gasteiger partial charge in [0, 0.05) is 11.5 Å². The molecule has 0 spiro atoms. The molecule has 5 nitrogen and oxygen atoms in total. The molecule has 2 fully saturated rings. The molecule has 0 aromatic heterocycles. The van der Waals surface area contributed by atoms with E-state index in [4.69, 9.17) is 18.9 Å². The van der Waals surface area contributed by atoms with Crippen molar-refractivity contribution in [1.82, 2.24) is 0 Å². The van der Waals surface area contributed by atoms with Gasteiger partial charge in [-0.25, -0.2) is 8.78 Å². The Morgan fingerprint density at radius 3 is 2.13 bits per heavy atom. The van der Waals surface area contributed by atoms with E-state index in [1.54, 1.807) is 0 Å². The molecular formula is C20H23F5O5. The Morgan fingerprint density at radius 1 is 1.00 bits per heavy atom. The standard InChI is InChI=1S/C20H23F5O5/c1-2-3-4-12-7-26-19(27-8-12)14-9-28-18(29-10-14)13-5-15(21)17(16(22)6-13)30-11-20(23,24)25/h3-6,12,14,18-19H,2,7-11H2,1H3. The van der Waals surface area contributed by atoms with Crippen LogP contribution >= 0.6 is 0 Å². The van der Waals surface area contributed by atoms with Crippen molar-refractivity contribution >= 4 is 0 Å². The van der Waals surface area contributed by atoms with Gasteiger partial charge < -0.3 is 23.7 Å². The number of alkyl halides is 3. The molecule has 1 aromatic rings. The Kier molecular flexibility index (Phi) is 7.67. The van der Waals surface area contributed by atoms with Gasteiger partial charge in [0.1, 0.15) is 0 Å². The molecule has 30 heavy (non-hydrogen) atoms. The van der Waals surface area contributed by atoms with Gasteiger partial charge in [0.2, 0.25) is 0 Å². The van der Waals surface area contributed by atoms with Crippen LogP contribution in [0.5, 0.6) is 5.75 Å². The van der Waals surface area contributed by atoms with Gasteiger partial charge >= 0.3 is 6.18 Å². The van der Waals surface area contributed by atoms with Crippen LogP contribution in [-0.4, -0.2) is 45.5 Å². The lowest BCUT2D eigenvalue weighted by molar-refractivity contribution is -0.280. The van der Waals surface area contributed by atoms with E-state index in [1.807, 2.05) is 19.1 Å². The van der Waals surface area contributed by atoms with E-state index in [2.05, 4.69) is 4.74 Å². The molecule has 0 aliphatic carbocycles. The van der Waals surface area contributed by atoms with Crippen LogP contribution in [0.4, 0.5) is 22.0 Å². The van der Waals surface area contributed by atoms with E-state index in [1.165, 1.54) is 0 Å². The summed E-state index contributed by atoms with van der Waals surface area (Å²) in [5.41, 5.74) is -0.00180. The summed E-state index contributed by atoms with van der Waals surface area (Å²) < 4.78 is 91.4. The van der Waals surface area contributed by atoms with Crippen molar-refractivity contribution in [1.29, 1.82) is 0 Å². The lowest BCUT2D eigenvalue weighted by Crippen LogP contribution is -2.42. The molecule has 2 aliphatic rings. The molecule has 0 atom stereocenters. The minimum atomic E-state index is -4.71. The zero-order valence-electron chi connectivity index (χ0n) is 16.3. The smallest absolute Gasteiger partial charge is 0.422 e. The van der Waals surface area contributed by atoms with Gasteiger partial charge in [0.05, 0.1) is 32.3 Å². The first-order valence-corrected chi connectivity index (χ1v) is 9.58. The van der Waals surface area contributed by atoms with Crippen LogP contribution in [0, 0.1) is 23.5 Å². The zero-order valence-corrected chi connectivity index (χ0v) is 16.3. The fourth-order valence-corrected chi connectivity index (χ4v) is 3.12. The fourth-order valence-electron chi connectivity index (χ4n) is 3.12. The van der Waals surface area contributed by atoms with E-state index in [9.17, 15) is 22.0 Å². The van der Waals surface area contributed by atoms with Crippen molar-refractivity contribution in [2.45, 2.75) is 32.1 Å². The predicted octanol–water partition coefficient (Wildman–Crippen LogP) is 4.52. The predicted molar refractivity (Wildman–Crippen MR) is 94.7 cm³/mol. The van der Waals surface area contributed by atoms with E-state index in [-0.39, 0.29) is 30.6 Å². The first-order valence-electron chi connectivity index (χ1n) is 9.58. The fraction of sp³-hybridized carbons (Fsp3) is 0.600. The van der Waals surface area contributed by atoms with Gasteiger partial charge in [-0.15, -0.1) is 0 Å². The molecule has 0 saturated carbocycles. The molecule has 1 aromatic carbocycles. The summed E-state index contributed by atoms with van der Waals surface area (Å²) >= 11 is 0. The second-order valence-corrected chi connectivity index (χ2v) is 7.11. The number of allylic oxidation sites excluding steroid dienone is 1. The van der Waals surface area contributed by atoms with Crippen molar-refractivity contribution in [3.8, 4) is 5.75 Å². The Labute approximate surface area is 170 Å². The molecule has 0 unspecified atom stereocenters. The highest BCUT2D eigenvalue weighted by Gasteiger charge is 2.35. The van der Waals surface area contributed by atoms with Gasteiger partial charge in [-0.05, 0) is 18.6 Å². The average molecular weight is 438 g/mol. The third-order valence-electron chi connectivity index (χ3n) is 4.57. The van der Waals surface area contributed by atoms with Crippen LogP contribution in [0.3, 0.4) is 0 Å². The van der Waals surface area contributed by atoms with Gasteiger partial charge in [0.25, 0.3) is 0 Å². The summed E-state index contributed by atoms with van der Waals surface area (Å²) in [6, 6.07) is 1.66. The zero-order chi connectivity index (χ0) is 21.7. The Hall–Kier alpha value is -1.75. The molecule has 0 amide bonds. The summed E-state index contributed by atoms with van der Waals surface area (Å²) in [7, 11) is 0. The maximum Gasteiger partial charge on any atom is 0.422 e. The summed E-state index contributed by atoms with van der Waals surface area (Å²) in [6.45, 7) is 1.60. The SMILES string of the molecule is CCC=CC1COC(C2COC(c3cc(F)c(OCC(F)(F)F)c(F)c3)OC2)OC1. The van der Waals surface area contributed by atoms with Crippen LogP contribution in [0.2, 0.25) is 0 Å². The van der Waals surface area contributed by atoms with Gasteiger partial charge in [0.15, 0.2) is 36.6 Å². The van der Waals surface area contributed by atoms with E-state index in [0.717, 1.165) is 18.6 Å². The third kappa shape index (κ3) is 6.13. The van der Waals surface area contributed by atoms with Crippen LogP contribution in [-0.2, 0) is 18.9 Å². The molecule has 2 saturated heterocycles. The topological polar surface area (TPSA) is 46.2 Å². The summed E-state index contributed by atoms with van der Waals surface area (Å²) in [4.78, 5) is 0.